The molecule has 0 aliphatic carbocycles. The Bertz CT molecular complexity index is 1320. The number of ether oxygens (including phenoxy) is 2. The van der Waals surface area contributed by atoms with Crippen molar-refractivity contribution in [2.45, 2.75) is 12.7 Å². The van der Waals surface area contributed by atoms with E-state index in [0.717, 1.165) is 32.5 Å². The second-order valence-electron chi connectivity index (χ2n) is 7.23. The second kappa shape index (κ2) is 8.27. The molecule has 0 spiro atoms. The first kappa shape index (κ1) is 20.5. The number of allylic oxidation sites excluding steroid dienone is 1. The fraction of sp³-hybridized carbons (Fsp3) is 0.125. The molecule has 1 aliphatic heterocycles. The highest BCUT2D eigenvalue weighted by atomic mass is 79.9. The average molecular weight is 498 g/mol. The third-order valence-electron chi connectivity index (χ3n) is 5.35. The Labute approximate surface area is 191 Å². The van der Waals surface area contributed by atoms with Crippen LogP contribution in [0.25, 0.3) is 16.7 Å². The van der Waals surface area contributed by atoms with E-state index in [-0.39, 0.29) is 5.75 Å². The summed E-state index contributed by atoms with van der Waals surface area (Å²) in [6, 6.07) is 19.9. The molecule has 8 heteroatoms. The predicted molar refractivity (Wildman–Crippen MR) is 123 cm³/mol. The molecule has 0 saturated carbocycles. The molecule has 0 unspecified atom stereocenters. The van der Waals surface area contributed by atoms with Gasteiger partial charge in [0.2, 0.25) is 5.95 Å². The number of halogens is 3. The minimum Gasteiger partial charge on any atom is -0.497 e. The second-order valence-corrected chi connectivity index (χ2v) is 8.15. The zero-order valence-corrected chi connectivity index (χ0v) is 18.5. The van der Waals surface area contributed by atoms with Gasteiger partial charge in [0, 0.05) is 15.7 Å². The van der Waals surface area contributed by atoms with E-state index >= 15 is 0 Å². The highest BCUT2D eigenvalue weighted by molar-refractivity contribution is 9.10. The molecule has 2 heterocycles. The van der Waals surface area contributed by atoms with E-state index in [0.29, 0.717) is 11.5 Å². The minimum absolute atomic E-state index is 0.115. The van der Waals surface area contributed by atoms with Gasteiger partial charge in [0.25, 0.3) is 0 Å². The lowest BCUT2D eigenvalue weighted by atomic mass is 10.00. The van der Waals surface area contributed by atoms with Gasteiger partial charge in [0.15, 0.2) is 0 Å². The molecule has 5 nitrogen and oxygen atoms in total. The normalized spacial score (nSPS) is 15.3. The number of hydrogen-bond donors (Lipinski definition) is 1. The number of imidazole rings is 1. The molecular formula is C24H18BrF2N3O2. The zero-order valence-electron chi connectivity index (χ0n) is 16.9. The number of nitrogens with zero attached hydrogens (tertiary/aromatic N) is 2. The van der Waals surface area contributed by atoms with Crippen LogP contribution in [0.2, 0.25) is 0 Å². The first-order valence-corrected chi connectivity index (χ1v) is 10.7. The Morgan fingerprint density at radius 2 is 1.84 bits per heavy atom. The summed E-state index contributed by atoms with van der Waals surface area (Å²) in [5.41, 5.74) is 4.00. The van der Waals surface area contributed by atoms with E-state index in [1.165, 1.54) is 0 Å². The van der Waals surface area contributed by atoms with Gasteiger partial charge in [-0.15, -0.1) is 0 Å². The molecule has 1 aliphatic rings. The Hall–Kier alpha value is -3.39. The Kier molecular flexibility index (Phi) is 5.30. The molecule has 0 amide bonds. The number of para-hydroxylation sites is 2. The Morgan fingerprint density at radius 1 is 1.06 bits per heavy atom. The molecule has 0 fully saturated rings. The van der Waals surface area contributed by atoms with Gasteiger partial charge in [-0.05, 0) is 66.2 Å². The van der Waals surface area contributed by atoms with E-state index in [1.807, 2.05) is 59.2 Å². The number of methoxy groups -OCH3 is 1. The van der Waals surface area contributed by atoms with Gasteiger partial charge in [-0.3, -0.25) is 4.57 Å². The van der Waals surface area contributed by atoms with Gasteiger partial charge in [-0.2, -0.15) is 8.78 Å². The number of benzene rings is 3. The number of nitrogens with one attached hydrogen (secondary N) is 1. The molecule has 1 atom stereocenters. The van der Waals surface area contributed by atoms with Gasteiger partial charge >= 0.3 is 6.61 Å². The maximum atomic E-state index is 13.2. The smallest absolute Gasteiger partial charge is 0.387 e. The molecule has 162 valence electrons. The summed E-state index contributed by atoms with van der Waals surface area (Å²) in [7, 11) is 1.61. The molecule has 0 bridgehead atoms. The SMILES string of the molecule is COc1ccc(C2=C[C@@H](c3cc(Br)ccc3OC(F)F)n3c(nc4ccccc43)N2)cc1. The van der Waals surface area contributed by atoms with Gasteiger partial charge in [-0.25, -0.2) is 4.98 Å². The van der Waals surface area contributed by atoms with Crippen LogP contribution in [-0.2, 0) is 0 Å². The van der Waals surface area contributed by atoms with Crippen LogP contribution < -0.4 is 14.8 Å². The Balaban J connectivity index is 1.71. The van der Waals surface area contributed by atoms with Crippen LogP contribution in [0.1, 0.15) is 17.2 Å². The van der Waals surface area contributed by atoms with Crippen molar-refractivity contribution in [1.29, 1.82) is 0 Å². The van der Waals surface area contributed by atoms with Crippen LogP contribution >= 0.6 is 15.9 Å². The van der Waals surface area contributed by atoms with Crippen molar-refractivity contribution in [3.8, 4) is 11.5 Å². The number of fused-ring (bicyclic) bond motifs is 3. The summed E-state index contributed by atoms with van der Waals surface area (Å²) in [5.74, 6) is 1.48. The largest absolute Gasteiger partial charge is 0.497 e. The molecule has 1 aromatic heterocycles. The summed E-state index contributed by atoms with van der Waals surface area (Å²) < 4.78 is 39.2. The molecule has 4 aromatic rings. The average Bonchev–Trinajstić information content (AvgIpc) is 3.18. The monoisotopic (exact) mass is 497 g/mol. The first-order valence-electron chi connectivity index (χ1n) is 9.88. The number of anilines is 1. The van der Waals surface area contributed by atoms with E-state index in [1.54, 1.807) is 25.3 Å². The van der Waals surface area contributed by atoms with Crippen LogP contribution in [0.5, 0.6) is 11.5 Å². The molecular weight excluding hydrogens is 480 g/mol. The highest BCUT2D eigenvalue weighted by Crippen LogP contribution is 2.41. The van der Waals surface area contributed by atoms with Crippen molar-refractivity contribution in [3.63, 3.8) is 0 Å². The van der Waals surface area contributed by atoms with Gasteiger partial charge in [0.05, 0.1) is 24.2 Å². The van der Waals surface area contributed by atoms with Crippen LogP contribution in [-0.4, -0.2) is 23.3 Å². The zero-order chi connectivity index (χ0) is 22.2. The van der Waals surface area contributed by atoms with E-state index in [2.05, 4.69) is 21.2 Å². The molecule has 5 rings (SSSR count). The number of rotatable bonds is 5. The molecule has 32 heavy (non-hydrogen) atoms. The summed E-state index contributed by atoms with van der Waals surface area (Å²) in [5, 5.41) is 3.39. The third kappa shape index (κ3) is 3.71. The lowest BCUT2D eigenvalue weighted by Gasteiger charge is -2.28. The predicted octanol–water partition coefficient (Wildman–Crippen LogP) is 6.46. The van der Waals surface area contributed by atoms with E-state index < -0.39 is 12.7 Å². The van der Waals surface area contributed by atoms with Crippen molar-refractivity contribution in [3.05, 3.63) is 88.4 Å². The summed E-state index contributed by atoms with van der Waals surface area (Å²) in [6.07, 6.45) is 1.99. The highest BCUT2D eigenvalue weighted by Gasteiger charge is 2.28. The van der Waals surface area contributed by atoms with Gasteiger partial charge < -0.3 is 14.8 Å². The van der Waals surface area contributed by atoms with Gasteiger partial charge in [0.1, 0.15) is 11.5 Å². The standard InChI is InChI=1S/C24H18BrF2N3O2/c1-31-16-9-6-14(7-10-16)19-13-21(17-12-15(25)8-11-22(17)32-23(26)27)30-20-5-3-2-4-18(20)28-24(30)29-19/h2-13,21,23H,1H3,(H,28,29)/t21-/m0/s1. The molecule has 1 N–H and O–H groups in total. The van der Waals surface area contributed by atoms with E-state index in [4.69, 9.17) is 14.5 Å². The quantitative estimate of drug-likeness (QED) is 0.343. The van der Waals surface area contributed by atoms with Crippen molar-refractivity contribution in [2.24, 2.45) is 0 Å². The van der Waals surface area contributed by atoms with Crippen LogP contribution in [0.3, 0.4) is 0 Å². The third-order valence-corrected chi connectivity index (χ3v) is 5.85. The van der Waals surface area contributed by atoms with Crippen molar-refractivity contribution in [1.82, 2.24) is 9.55 Å². The maximum Gasteiger partial charge on any atom is 0.387 e. The van der Waals surface area contributed by atoms with Gasteiger partial charge in [-0.1, -0.05) is 28.1 Å². The van der Waals surface area contributed by atoms with Crippen molar-refractivity contribution < 1.29 is 18.3 Å². The summed E-state index contributed by atoms with van der Waals surface area (Å²) >= 11 is 3.47. The maximum absolute atomic E-state index is 13.2. The molecule has 0 saturated heterocycles. The minimum atomic E-state index is -2.93. The first-order chi connectivity index (χ1) is 15.5. The lowest BCUT2D eigenvalue weighted by molar-refractivity contribution is -0.0505. The summed E-state index contributed by atoms with van der Waals surface area (Å²) in [6.45, 7) is -2.93. The fourth-order valence-electron chi connectivity index (χ4n) is 3.93. The topological polar surface area (TPSA) is 48.3 Å². The molecule has 0 radical (unpaired) electrons. The van der Waals surface area contributed by atoms with Crippen molar-refractivity contribution >= 4 is 38.6 Å². The number of aromatic nitrogens is 2. The number of hydrogen-bond acceptors (Lipinski definition) is 4. The fourth-order valence-corrected chi connectivity index (χ4v) is 4.31. The number of alkyl halides is 2. The van der Waals surface area contributed by atoms with Crippen LogP contribution in [0.15, 0.2) is 77.3 Å². The molecule has 3 aromatic carbocycles. The summed E-state index contributed by atoms with van der Waals surface area (Å²) in [4.78, 5) is 4.74. The van der Waals surface area contributed by atoms with E-state index in [9.17, 15) is 8.78 Å². The van der Waals surface area contributed by atoms with Crippen LogP contribution in [0.4, 0.5) is 14.7 Å². The Morgan fingerprint density at radius 3 is 2.59 bits per heavy atom. The van der Waals surface area contributed by atoms with Crippen molar-refractivity contribution in [2.75, 3.05) is 12.4 Å². The van der Waals surface area contributed by atoms with Crippen LogP contribution in [0, 0.1) is 0 Å². The lowest BCUT2D eigenvalue weighted by Crippen LogP contribution is -2.20.